The van der Waals surface area contributed by atoms with E-state index in [9.17, 15) is 9.18 Å². The van der Waals surface area contributed by atoms with Crippen LogP contribution in [0.2, 0.25) is 0 Å². The second-order valence-corrected chi connectivity index (χ2v) is 1.87. The predicted octanol–water partition coefficient (Wildman–Crippen LogP) is 1.59. The molecule has 0 fully saturated rings. The van der Waals surface area contributed by atoms with Gasteiger partial charge in [0.1, 0.15) is 12.4 Å². The Balaban J connectivity index is 3.60. The van der Waals surface area contributed by atoms with Gasteiger partial charge >= 0.3 is 5.97 Å². The van der Waals surface area contributed by atoms with E-state index in [2.05, 4.69) is 17.9 Å². The highest BCUT2D eigenvalue weighted by molar-refractivity contribution is 5.86. The first-order valence-electron chi connectivity index (χ1n) is 2.70. The molecule has 0 aromatic rings. The topological polar surface area (TPSA) is 26.3 Å². The highest BCUT2D eigenvalue weighted by Gasteiger charge is 2.02. The molecular formula is C7H9FO2. The Hall–Kier alpha value is -1.12. The third kappa shape index (κ3) is 3.83. The fourth-order valence-corrected chi connectivity index (χ4v) is 0.267. The number of hydrogen-bond acceptors (Lipinski definition) is 2. The summed E-state index contributed by atoms with van der Waals surface area (Å²) in [6, 6.07) is 0. The van der Waals surface area contributed by atoms with E-state index in [0.29, 0.717) is 0 Å². The van der Waals surface area contributed by atoms with Gasteiger partial charge in [0.2, 0.25) is 0 Å². The van der Waals surface area contributed by atoms with Crippen LogP contribution < -0.4 is 0 Å². The van der Waals surface area contributed by atoms with Crippen molar-refractivity contribution in [2.45, 2.75) is 6.92 Å². The Morgan fingerprint density at radius 3 is 2.40 bits per heavy atom. The van der Waals surface area contributed by atoms with Crippen LogP contribution in [0.5, 0.6) is 0 Å². The van der Waals surface area contributed by atoms with Gasteiger partial charge in [0.05, 0.1) is 0 Å². The quantitative estimate of drug-likeness (QED) is 0.444. The first kappa shape index (κ1) is 8.88. The Kier molecular flexibility index (Phi) is 3.39. The lowest BCUT2D eigenvalue weighted by atomic mass is 10.4. The van der Waals surface area contributed by atoms with Crippen LogP contribution in [0.1, 0.15) is 6.92 Å². The minimum atomic E-state index is -0.672. The second kappa shape index (κ2) is 3.82. The average Bonchev–Trinajstić information content (AvgIpc) is 1.82. The molecule has 0 rings (SSSR count). The van der Waals surface area contributed by atoms with Crippen LogP contribution in [0.25, 0.3) is 0 Å². The average molecular weight is 144 g/mol. The van der Waals surface area contributed by atoms with E-state index in [1.165, 1.54) is 6.92 Å². The third-order valence-corrected chi connectivity index (χ3v) is 0.708. The van der Waals surface area contributed by atoms with Crippen LogP contribution in [0, 0.1) is 0 Å². The largest absolute Gasteiger partial charge is 0.455 e. The molecule has 10 heavy (non-hydrogen) atoms. The first-order valence-corrected chi connectivity index (χ1v) is 2.70. The summed E-state index contributed by atoms with van der Waals surface area (Å²) >= 11 is 0. The van der Waals surface area contributed by atoms with Gasteiger partial charge in [0, 0.05) is 5.57 Å². The van der Waals surface area contributed by atoms with E-state index in [0.717, 1.165) is 0 Å². The lowest BCUT2D eigenvalue weighted by Crippen LogP contribution is -2.05. The molecular weight excluding hydrogens is 135 g/mol. The van der Waals surface area contributed by atoms with E-state index in [-0.39, 0.29) is 12.2 Å². The molecule has 0 saturated carbocycles. The van der Waals surface area contributed by atoms with Crippen molar-refractivity contribution in [2.75, 3.05) is 6.61 Å². The molecule has 2 nitrogen and oxygen atoms in total. The normalized spacial score (nSPS) is 8.60. The molecule has 0 aromatic heterocycles. The van der Waals surface area contributed by atoms with E-state index < -0.39 is 11.8 Å². The number of esters is 1. The van der Waals surface area contributed by atoms with Crippen molar-refractivity contribution in [2.24, 2.45) is 0 Å². The second-order valence-electron chi connectivity index (χ2n) is 1.87. The molecule has 0 N–H and O–H groups in total. The zero-order valence-electron chi connectivity index (χ0n) is 5.82. The molecule has 0 spiro atoms. The van der Waals surface area contributed by atoms with Crippen LogP contribution in [0.15, 0.2) is 24.6 Å². The van der Waals surface area contributed by atoms with Crippen LogP contribution in [-0.2, 0) is 9.53 Å². The summed E-state index contributed by atoms with van der Waals surface area (Å²) in [6.07, 6.45) is 0. The van der Waals surface area contributed by atoms with E-state index in [1.807, 2.05) is 0 Å². The van der Waals surface area contributed by atoms with E-state index in [1.54, 1.807) is 0 Å². The first-order chi connectivity index (χ1) is 4.54. The van der Waals surface area contributed by atoms with Gasteiger partial charge in [0.25, 0.3) is 0 Å². The summed E-state index contributed by atoms with van der Waals surface area (Å²) in [5, 5.41) is 0. The Morgan fingerprint density at radius 1 is 1.60 bits per heavy atom. The van der Waals surface area contributed by atoms with Gasteiger partial charge in [-0.15, -0.1) is 0 Å². The van der Waals surface area contributed by atoms with Gasteiger partial charge in [-0.2, -0.15) is 0 Å². The molecule has 0 unspecified atom stereocenters. The number of halogens is 1. The molecule has 0 aliphatic rings. The van der Waals surface area contributed by atoms with Gasteiger partial charge in [-0.05, 0) is 6.92 Å². The van der Waals surface area contributed by atoms with Gasteiger partial charge in [-0.3, -0.25) is 0 Å². The highest BCUT2D eigenvalue weighted by atomic mass is 19.1. The summed E-state index contributed by atoms with van der Waals surface area (Å²) in [7, 11) is 0. The zero-order valence-corrected chi connectivity index (χ0v) is 5.82. The minimum Gasteiger partial charge on any atom is -0.455 e. The highest BCUT2D eigenvalue weighted by Crippen LogP contribution is 1.96. The van der Waals surface area contributed by atoms with Crippen molar-refractivity contribution < 1.29 is 13.9 Å². The van der Waals surface area contributed by atoms with Crippen molar-refractivity contribution in [3.05, 3.63) is 24.6 Å². The molecule has 0 saturated heterocycles. The maximum absolute atomic E-state index is 11.8. The molecule has 0 bridgehead atoms. The standard InChI is InChI=1S/C7H9FO2/c1-5(2)7(9)10-4-6(3)8/h1,3-4H2,2H3. The van der Waals surface area contributed by atoms with E-state index in [4.69, 9.17) is 0 Å². The lowest BCUT2D eigenvalue weighted by Gasteiger charge is -1.99. The molecule has 0 aromatic carbocycles. The summed E-state index contributed by atoms with van der Waals surface area (Å²) < 4.78 is 16.2. The van der Waals surface area contributed by atoms with Crippen molar-refractivity contribution >= 4 is 5.97 Å². The van der Waals surface area contributed by atoms with E-state index >= 15 is 0 Å². The molecule has 0 heterocycles. The zero-order chi connectivity index (χ0) is 8.15. The summed E-state index contributed by atoms with van der Waals surface area (Å²) in [6.45, 7) is 7.33. The molecule has 3 heteroatoms. The summed E-state index contributed by atoms with van der Waals surface area (Å²) in [4.78, 5) is 10.5. The fourth-order valence-electron chi connectivity index (χ4n) is 0.267. The monoisotopic (exact) mass is 144 g/mol. The fraction of sp³-hybridized carbons (Fsp3) is 0.286. The Morgan fingerprint density at radius 2 is 2.10 bits per heavy atom. The number of hydrogen-bond donors (Lipinski definition) is 0. The van der Waals surface area contributed by atoms with Gasteiger partial charge < -0.3 is 4.74 Å². The molecule has 0 radical (unpaired) electrons. The Labute approximate surface area is 59.0 Å². The molecule has 0 amide bonds. The van der Waals surface area contributed by atoms with Gasteiger partial charge in [-0.1, -0.05) is 13.2 Å². The number of rotatable bonds is 3. The molecule has 0 aliphatic carbocycles. The lowest BCUT2D eigenvalue weighted by molar-refractivity contribution is -0.138. The summed E-state index contributed by atoms with van der Waals surface area (Å²) in [5.74, 6) is -1.27. The van der Waals surface area contributed by atoms with Gasteiger partial charge in [0.15, 0.2) is 0 Å². The number of carbonyl (C=O) groups is 1. The Bertz CT molecular complexity index is 172. The van der Waals surface area contributed by atoms with Crippen LogP contribution in [-0.4, -0.2) is 12.6 Å². The number of ether oxygens (including phenoxy) is 1. The number of carbonyl (C=O) groups excluding carboxylic acids is 1. The molecule has 0 atom stereocenters. The molecule has 0 aliphatic heterocycles. The van der Waals surface area contributed by atoms with Crippen molar-refractivity contribution in [3.8, 4) is 0 Å². The van der Waals surface area contributed by atoms with Gasteiger partial charge in [-0.25, -0.2) is 9.18 Å². The summed E-state index contributed by atoms with van der Waals surface area (Å²) in [5.41, 5.74) is 0.251. The predicted molar refractivity (Wildman–Crippen MR) is 36.0 cm³/mol. The SMILES string of the molecule is C=C(F)COC(=O)C(=C)C. The van der Waals surface area contributed by atoms with Crippen LogP contribution in [0.3, 0.4) is 0 Å². The van der Waals surface area contributed by atoms with Crippen molar-refractivity contribution in [1.82, 2.24) is 0 Å². The van der Waals surface area contributed by atoms with Crippen LogP contribution >= 0.6 is 0 Å². The maximum Gasteiger partial charge on any atom is 0.333 e. The van der Waals surface area contributed by atoms with Crippen LogP contribution in [0.4, 0.5) is 4.39 Å². The third-order valence-electron chi connectivity index (χ3n) is 0.708. The smallest absolute Gasteiger partial charge is 0.333 e. The minimum absolute atomic E-state index is 0.251. The molecule has 56 valence electrons. The van der Waals surface area contributed by atoms with Crippen molar-refractivity contribution in [3.63, 3.8) is 0 Å². The maximum atomic E-state index is 11.8. The van der Waals surface area contributed by atoms with Crippen molar-refractivity contribution in [1.29, 1.82) is 0 Å².